The normalized spacial score (nSPS) is 17.6. The minimum atomic E-state index is -0.507. The molecule has 1 rings (SSSR count). The van der Waals surface area contributed by atoms with Crippen molar-refractivity contribution in [3.05, 3.63) is 0 Å². The minimum absolute atomic E-state index is 0. The highest BCUT2D eigenvalue weighted by molar-refractivity contribution is 14.0. The van der Waals surface area contributed by atoms with E-state index in [-0.39, 0.29) is 42.4 Å². The number of aliphatic imine (C=N–C) groups is 1. The fourth-order valence-corrected chi connectivity index (χ4v) is 2.33. The van der Waals surface area contributed by atoms with Gasteiger partial charge in [0.2, 0.25) is 0 Å². The van der Waals surface area contributed by atoms with Crippen molar-refractivity contribution in [2.24, 2.45) is 4.99 Å². The molecule has 0 saturated carbocycles. The number of ether oxygens (including phenoxy) is 2. The predicted octanol–water partition coefficient (Wildman–Crippen LogP) is 1.73. The van der Waals surface area contributed by atoms with Crippen molar-refractivity contribution in [1.29, 1.82) is 0 Å². The van der Waals surface area contributed by atoms with Crippen LogP contribution in [0.3, 0.4) is 0 Å². The largest absolute Gasteiger partial charge is 0.469 e. The lowest BCUT2D eigenvalue weighted by Crippen LogP contribution is -2.44. The second kappa shape index (κ2) is 11.4. The maximum atomic E-state index is 11.8. The second-order valence-corrected chi connectivity index (χ2v) is 6.64. The van der Waals surface area contributed by atoms with Gasteiger partial charge in [-0.25, -0.2) is 4.79 Å². The Bertz CT molecular complexity index is 466. The topological polar surface area (TPSA) is 92.3 Å². The van der Waals surface area contributed by atoms with Crippen LogP contribution in [-0.4, -0.2) is 67.9 Å². The van der Waals surface area contributed by atoms with Crippen molar-refractivity contribution in [2.45, 2.75) is 52.2 Å². The van der Waals surface area contributed by atoms with Crippen LogP contribution in [-0.2, 0) is 14.3 Å². The minimum Gasteiger partial charge on any atom is -0.469 e. The van der Waals surface area contributed by atoms with Crippen molar-refractivity contribution >= 4 is 42.0 Å². The Hall–Kier alpha value is -1.26. The second-order valence-electron chi connectivity index (χ2n) is 6.64. The van der Waals surface area contributed by atoms with Crippen LogP contribution in [0.15, 0.2) is 4.99 Å². The number of guanidine groups is 1. The standard InChI is InChI=1S/C16H30N4O4.HI/c1-6-17-14(18-9-7-13(21)23-5)20-10-8-12(11-20)19-15(22)24-16(2,3)4;/h12H,6-11H2,1-5H3,(H,17,18)(H,19,22);1H. The van der Waals surface area contributed by atoms with Crippen molar-refractivity contribution < 1.29 is 19.1 Å². The van der Waals surface area contributed by atoms with E-state index in [2.05, 4.69) is 25.3 Å². The molecule has 0 aromatic rings. The van der Waals surface area contributed by atoms with Gasteiger partial charge in [0.05, 0.1) is 26.1 Å². The molecule has 1 unspecified atom stereocenters. The molecule has 0 bridgehead atoms. The molecular formula is C16H31IN4O4. The lowest BCUT2D eigenvalue weighted by atomic mass is 10.2. The van der Waals surface area contributed by atoms with E-state index >= 15 is 0 Å². The van der Waals surface area contributed by atoms with Crippen molar-refractivity contribution in [1.82, 2.24) is 15.5 Å². The zero-order valence-electron chi connectivity index (χ0n) is 15.8. The summed E-state index contributed by atoms with van der Waals surface area (Å²) in [5.74, 6) is 0.468. The van der Waals surface area contributed by atoms with Gasteiger partial charge in [0, 0.05) is 19.6 Å². The molecule has 1 atom stereocenters. The zero-order valence-corrected chi connectivity index (χ0v) is 18.1. The molecule has 1 saturated heterocycles. The van der Waals surface area contributed by atoms with Gasteiger partial charge < -0.3 is 25.0 Å². The van der Waals surface area contributed by atoms with Crippen LogP contribution in [0.25, 0.3) is 0 Å². The highest BCUT2D eigenvalue weighted by Crippen LogP contribution is 2.12. The quantitative estimate of drug-likeness (QED) is 0.275. The summed E-state index contributed by atoms with van der Waals surface area (Å²) in [6.45, 7) is 10.0. The summed E-state index contributed by atoms with van der Waals surface area (Å²) in [6, 6.07) is 0.0179. The Morgan fingerprint density at radius 1 is 1.32 bits per heavy atom. The van der Waals surface area contributed by atoms with Gasteiger partial charge in [0.25, 0.3) is 0 Å². The van der Waals surface area contributed by atoms with Gasteiger partial charge in [-0.05, 0) is 34.1 Å². The van der Waals surface area contributed by atoms with Crippen LogP contribution in [0.4, 0.5) is 4.79 Å². The van der Waals surface area contributed by atoms with E-state index in [1.165, 1.54) is 7.11 Å². The molecule has 0 aliphatic carbocycles. The SMILES string of the molecule is CCNC(=NCCC(=O)OC)N1CCC(NC(=O)OC(C)(C)C)C1.I. The van der Waals surface area contributed by atoms with Gasteiger partial charge in [-0.1, -0.05) is 0 Å². The summed E-state index contributed by atoms with van der Waals surface area (Å²) in [6.07, 6.45) is 0.668. The summed E-state index contributed by atoms with van der Waals surface area (Å²) >= 11 is 0. The van der Waals surface area contributed by atoms with Gasteiger partial charge in [0.1, 0.15) is 5.60 Å². The van der Waals surface area contributed by atoms with Crippen molar-refractivity contribution in [3.8, 4) is 0 Å². The van der Waals surface area contributed by atoms with Gasteiger partial charge in [0.15, 0.2) is 5.96 Å². The number of esters is 1. The Balaban J connectivity index is 0.00000576. The lowest BCUT2D eigenvalue weighted by Gasteiger charge is -2.23. The molecular weight excluding hydrogens is 439 g/mol. The Morgan fingerprint density at radius 3 is 2.56 bits per heavy atom. The number of halogens is 1. The Labute approximate surface area is 167 Å². The smallest absolute Gasteiger partial charge is 0.407 e. The number of carbonyl (C=O) groups excluding carboxylic acids is 2. The van der Waals surface area contributed by atoms with E-state index in [9.17, 15) is 9.59 Å². The first-order chi connectivity index (χ1) is 11.2. The molecule has 0 aromatic carbocycles. The predicted molar refractivity (Wildman–Crippen MR) is 107 cm³/mol. The highest BCUT2D eigenvalue weighted by Gasteiger charge is 2.27. The number of carbonyl (C=O) groups is 2. The molecule has 1 amide bonds. The average Bonchev–Trinajstić information content (AvgIpc) is 2.92. The average molecular weight is 470 g/mol. The molecule has 8 nitrogen and oxygen atoms in total. The first-order valence-electron chi connectivity index (χ1n) is 8.34. The molecule has 1 heterocycles. The molecule has 0 spiro atoms. The number of likely N-dealkylation sites (tertiary alicyclic amines) is 1. The lowest BCUT2D eigenvalue weighted by molar-refractivity contribution is -0.140. The number of alkyl carbamates (subject to hydrolysis) is 1. The fraction of sp³-hybridized carbons (Fsp3) is 0.812. The third-order valence-corrected chi connectivity index (χ3v) is 3.35. The molecule has 9 heteroatoms. The summed E-state index contributed by atoms with van der Waals surface area (Å²) in [5.41, 5.74) is -0.507. The highest BCUT2D eigenvalue weighted by atomic mass is 127. The number of nitrogens with one attached hydrogen (secondary N) is 2. The molecule has 1 aliphatic rings. The number of hydrogen-bond acceptors (Lipinski definition) is 5. The van der Waals surface area contributed by atoms with Crippen molar-refractivity contribution in [2.75, 3.05) is 33.3 Å². The number of nitrogens with zero attached hydrogens (tertiary/aromatic N) is 2. The zero-order chi connectivity index (χ0) is 18.2. The molecule has 0 aromatic heterocycles. The van der Waals surface area contributed by atoms with E-state index in [0.29, 0.717) is 13.1 Å². The summed E-state index contributed by atoms with van der Waals surface area (Å²) in [7, 11) is 1.37. The first kappa shape index (κ1) is 23.7. The number of hydrogen-bond donors (Lipinski definition) is 2. The fourth-order valence-electron chi connectivity index (χ4n) is 2.33. The first-order valence-corrected chi connectivity index (χ1v) is 8.34. The molecule has 1 aliphatic heterocycles. The van der Waals surface area contributed by atoms with Gasteiger partial charge in [-0.2, -0.15) is 0 Å². The number of methoxy groups -OCH3 is 1. The molecule has 2 N–H and O–H groups in total. The maximum Gasteiger partial charge on any atom is 0.407 e. The Kier molecular flexibility index (Phi) is 10.8. The van der Waals surface area contributed by atoms with Crippen LogP contribution in [0, 0.1) is 0 Å². The maximum absolute atomic E-state index is 11.8. The summed E-state index contributed by atoms with van der Waals surface area (Å²) < 4.78 is 9.90. The molecule has 1 fully saturated rings. The van der Waals surface area contributed by atoms with E-state index in [0.717, 1.165) is 25.5 Å². The Morgan fingerprint density at radius 2 is 2.00 bits per heavy atom. The summed E-state index contributed by atoms with van der Waals surface area (Å²) in [4.78, 5) is 29.5. The summed E-state index contributed by atoms with van der Waals surface area (Å²) in [5, 5.41) is 6.09. The molecule has 25 heavy (non-hydrogen) atoms. The third kappa shape index (κ3) is 9.71. The van der Waals surface area contributed by atoms with Crippen LogP contribution >= 0.6 is 24.0 Å². The van der Waals surface area contributed by atoms with Gasteiger partial charge in [-0.3, -0.25) is 9.79 Å². The van der Waals surface area contributed by atoms with E-state index in [4.69, 9.17) is 4.74 Å². The van der Waals surface area contributed by atoms with Crippen LogP contribution in [0.2, 0.25) is 0 Å². The van der Waals surface area contributed by atoms with Crippen LogP contribution in [0.1, 0.15) is 40.5 Å². The van der Waals surface area contributed by atoms with E-state index in [1.54, 1.807) is 0 Å². The number of amides is 1. The molecule has 146 valence electrons. The van der Waals surface area contributed by atoms with Crippen LogP contribution in [0.5, 0.6) is 0 Å². The van der Waals surface area contributed by atoms with Gasteiger partial charge >= 0.3 is 12.1 Å². The van der Waals surface area contributed by atoms with Crippen LogP contribution < -0.4 is 10.6 Å². The monoisotopic (exact) mass is 470 g/mol. The van der Waals surface area contributed by atoms with E-state index < -0.39 is 11.7 Å². The van der Waals surface area contributed by atoms with E-state index in [1.807, 2.05) is 27.7 Å². The van der Waals surface area contributed by atoms with Gasteiger partial charge in [-0.15, -0.1) is 24.0 Å². The third-order valence-electron chi connectivity index (χ3n) is 3.35. The van der Waals surface area contributed by atoms with Crippen molar-refractivity contribution in [3.63, 3.8) is 0 Å². The molecule has 0 radical (unpaired) electrons. The number of rotatable bonds is 5.